The van der Waals surface area contributed by atoms with E-state index in [2.05, 4.69) is 24.1 Å². The van der Waals surface area contributed by atoms with Crippen LogP contribution in [0, 0.1) is 29.5 Å². The van der Waals surface area contributed by atoms with Crippen molar-refractivity contribution in [2.75, 3.05) is 13.2 Å². The van der Waals surface area contributed by atoms with E-state index in [0.717, 1.165) is 0 Å². The number of carbonyl (C=O) groups excluding carboxylic acids is 1. The smallest absolute Gasteiger partial charge is 0.252 e. The van der Waals surface area contributed by atoms with E-state index in [0.29, 0.717) is 30.4 Å². The lowest BCUT2D eigenvalue weighted by Crippen LogP contribution is -2.29. The van der Waals surface area contributed by atoms with E-state index in [-0.39, 0.29) is 18.1 Å². The van der Waals surface area contributed by atoms with Gasteiger partial charge < -0.3 is 10.4 Å². The number of carbonyl (C=O) groups is 1. The SMILES string of the molecule is CC(CNC(=O)c1cc(F)ccc1C#CCCO)C1CC1. The number of rotatable bonds is 5. The van der Waals surface area contributed by atoms with E-state index in [9.17, 15) is 9.18 Å². The molecule has 1 unspecified atom stereocenters. The maximum absolute atomic E-state index is 13.4. The third kappa shape index (κ3) is 4.57. The zero-order valence-corrected chi connectivity index (χ0v) is 12.2. The molecule has 1 atom stereocenters. The third-order valence-corrected chi connectivity index (χ3v) is 3.70. The second kappa shape index (κ2) is 7.24. The number of hydrogen-bond acceptors (Lipinski definition) is 2. The molecule has 0 heterocycles. The van der Waals surface area contributed by atoms with Crippen LogP contribution in [0.5, 0.6) is 0 Å². The Kier molecular flexibility index (Phi) is 5.35. The summed E-state index contributed by atoms with van der Waals surface area (Å²) in [7, 11) is 0. The number of amides is 1. The standard InChI is InChI=1S/C17H20FNO2/c1-12(13-5-6-13)11-19-17(21)16-10-15(18)8-7-14(16)4-2-3-9-20/h7-8,10,12-13,20H,3,5-6,9,11H2,1H3,(H,19,21). The molecule has 2 rings (SSSR count). The van der Waals surface area contributed by atoms with Crippen molar-refractivity contribution in [2.24, 2.45) is 11.8 Å². The average Bonchev–Trinajstić information content (AvgIpc) is 3.30. The molecular formula is C17H20FNO2. The fourth-order valence-corrected chi connectivity index (χ4v) is 2.21. The van der Waals surface area contributed by atoms with E-state index in [1.54, 1.807) is 0 Å². The van der Waals surface area contributed by atoms with Crippen molar-refractivity contribution in [3.05, 3.63) is 35.1 Å². The van der Waals surface area contributed by atoms with E-state index in [4.69, 9.17) is 5.11 Å². The van der Waals surface area contributed by atoms with Gasteiger partial charge in [0.1, 0.15) is 5.82 Å². The van der Waals surface area contributed by atoms with Gasteiger partial charge in [-0.15, -0.1) is 0 Å². The Labute approximate surface area is 124 Å². The summed E-state index contributed by atoms with van der Waals surface area (Å²) in [6.45, 7) is 2.68. The molecule has 4 heteroatoms. The van der Waals surface area contributed by atoms with Crippen molar-refractivity contribution < 1.29 is 14.3 Å². The molecule has 1 fully saturated rings. The maximum Gasteiger partial charge on any atom is 0.252 e. The average molecular weight is 289 g/mol. The highest BCUT2D eigenvalue weighted by molar-refractivity contribution is 5.96. The Hall–Kier alpha value is -1.86. The summed E-state index contributed by atoms with van der Waals surface area (Å²) in [5.74, 6) is 5.97. The fraction of sp³-hybridized carbons (Fsp3) is 0.471. The molecule has 0 aromatic heterocycles. The Bertz CT molecular complexity index is 570. The molecule has 1 aromatic carbocycles. The lowest BCUT2D eigenvalue weighted by Gasteiger charge is -2.12. The zero-order valence-electron chi connectivity index (χ0n) is 12.2. The summed E-state index contributed by atoms with van der Waals surface area (Å²) in [5, 5.41) is 11.6. The number of aliphatic hydroxyl groups excluding tert-OH is 1. The highest BCUT2D eigenvalue weighted by atomic mass is 19.1. The van der Waals surface area contributed by atoms with Crippen LogP contribution < -0.4 is 5.32 Å². The van der Waals surface area contributed by atoms with Crippen molar-refractivity contribution in [3.8, 4) is 11.8 Å². The van der Waals surface area contributed by atoms with Crippen LogP contribution in [0.25, 0.3) is 0 Å². The summed E-state index contributed by atoms with van der Waals surface area (Å²) in [5.41, 5.74) is 0.741. The first-order valence-electron chi connectivity index (χ1n) is 7.29. The normalized spacial score (nSPS) is 15.0. The monoisotopic (exact) mass is 289 g/mol. The zero-order chi connectivity index (χ0) is 15.2. The molecule has 1 aromatic rings. The van der Waals surface area contributed by atoms with Gasteiger partial charge in [0.15, 0.2) is 0 Å². The van der Waals surface area contributed by atoms with Gasteiger partial charge in [0.05, 0.1) is 12.2 Å². The third-order valence-electron chi connectivity index (χ3n) is 3.70. The van der Waals surface area contributed by atoms with E-state index < -0.39 is 5.82 Å². The second-order valence-electron chi connectivity index (χ2n) is 5.49. The molecule has 1 amide bonds. The predicted molar refractivity (Wildman–Crippen MR) is 79.2 cm³/mol. The van der Waals surface area contributed by atoms with Crippen molar-refractivity contribution in [1.82, 2.24) is 5.32 Å². The molecule has 0 spiro atoms. The van der Waals surface area contributed by atoms with Gasteiger partial charge in [-0.1, -0.05) is 18.8 Å². The molecule has 1 aliphatic carbocycles. The number of hydrogen-bond donors (Lipinski definition) is 2. The topological polar surface area (TPSA) is 49.3 Å². The van der Waals surface area contributed by atoms with Gasteiger partial charge in [-0.05, 0) is 42.9 Å². The highest BCUT2D eigenvalue weighted by Gasteiger charge is 2.28. The lowest BCUT2D eigenvalue weighted by atomic mass is 10.0. The molecule has 1 saturated carbocycles. The Morgan fingerprint density at radius 3 is 2.95 bits per heavy atom. The molecule has 0 saturated heterocycles. The minimum atomic E-state index is -0.455. The van der Waals surface area contributed by atoms with Crippen LogP contribution in [0.2, 0.25) is 0 Å². The summed E-state index contributed by atoms with van der Waals surface area (Å²) < 4.78 is 13.4. The second-order valence-corrected chi connectivity index (χ2v) is 5.49. The number of nitrogens with one attached hydrogen (secondary N) is 1. The maximum atomic E-state index is 13.4. The molecule has 112 valence electrons. The number of halogens is 1. The summed E-state index contributed by atoms with van der Waals surface area (Å²) >= 11 is 0. The van der Waals surface area contributed by atoms with Gasteiger partial charge in [0.2, 0.25) is 0 Å². The first-order chi connectivity index (χ1) is 10.1. The first kappa shape index (κ1) is 15.5. The van der Waals surface area contributed by atoms with Crippen LogP contribution in [0.1, 0.15) is 42.1 Å². The van der Waals surface area contributed by atoms with E-state index in [1.165, 1.54) is 31.0 Å². The lowest BCUT2D eigenvalue weighted by molar-refractivity contribution is 0.0946. The van der Waals surface area contributed by atoms with Gasteiger partial charge >= 0.3 is 0 Å². The van der Waals surface area contributed by atoms with Crippen molar-refractivity contribution >= 4 is 5.91 Å². The molecule has 3 nitrogen and oxygen atoms in total. The molecule has 0 radical (unpaired) electrons. The van der Waals surface area contributed by atoms with Gasteiger partial charge in [0, 0.05) is 18.5 Å². The summed E-state index contributed by atoms with van der Waals surface area (Å²) in [6.07, 6.45) is 2.79. The van der Waals surface area contributed by atoms with Crippen LogP contribution in [0.3, 0.4) is 0 Å². The summed E-state index contributed by atoms with van der Waals surface area (Å²) in [6, 6.07) is 3.99. The quantitative estimate of drug-likeness (QED) is 0.817. The van der Waals surface area contributed by atoms with Crippen LogP contribution in [0.15, 0.2) is 18.2 Å². The largest absolute Gasteiger partial charge is 0.395 e. The molecule has 0 aliphatic heterocycles. The Morgan fingerprint density at radius 2 is 2.29 bits per heavy atom. The predicted octanol–water partition coefficient (Wildman–Crippen LogP) is 2.34. The van der Waals surface area contributed by atoms with Gasteiger partial charge in [-0.25, -0.2) is 4.39 Å². The minimum absolute atomic E-state index is 0.0331. The molecular weight excluding hydrogens is 269 g/mol. The van der Waals surface area contributed by atoms with Crippen LogP contribution in [0.4, 0.5) is 4.39 Å². The van der Waals surface area contributed by atoms with Crippen molar-refractivity contribution in [1.29, 1.82) is 0 Å². The van der Waals surface area contributed by atoms with Gasteiger partial charge in [0.25, 0.3) is 5.91 Å². The van der Waals surface area contributed by atoms with Gasteiger partial charge in [-0.3, -0.25) is 4.79 Å². The molecule has 0 bridgehead atoms. The van der Waals surface area contributed by atoms with Crippen molar-refractivity contribution in [3.63, 3.8) is 0 Å². The fourth-order valence-electron chi connectivity index (χ4n) is 2.21. The Balaban J connectivity index is 2.07. The number of aliphatic hydroxyl groups is 1. The minimum Gasteiger partial charge on any atom is -0.395 e. The highest BCUT2D eigenvalue weighted by Crippen LogP contribution is 2.36. The van der Waals surface area contributed by atoms with Crippen molar-refractivity contribution in [2.45, 2.75) is 26.2 Å². The van der Waals surface area contributed by atoms with Crippen LogP contribution in [-0.2, 0) is 0 Å². The van der Waals surface area contributed by atoms with Gasteiger partial charge in [-0.2, -0.15) is 0 Å². The van der Waals surface area contributed by atoms with E-state index >= 15 is 0 Å². The van der Waals surface area contributed by atoms with Crippen LogP contribution in [-0.4, -0.2) is 24.2 Å². The number of benzene rings is 1. The summed E-state index contributed by atoms with van der Waals surface area (Å²) in [4.78, 5) is 12.2. The molecule has 2 N–H and O–H groups in total. The molecule has 21 heavy (non-hydrogen) atoms. The first-order valence-corrected chi connectivity index (χ1v) is 7.29. The molecule has 1 aliphatic rings. The van der Waals surface area contributed by atoms with Crippen LogP contribution >= 0.6 is 0 Å². The van der Waals surface area contributed by atoms with E-state index in [1.807, 2.05) is 0 Å². The Morgan fingerprint density at radius 1 is 1.52 bits per heavy atom.